The van der Waals surface area contributed by atoms with Gasteiger partial charge in [0.05, 0.1) is 16.6 Å². The van der Waals surface area contributed by atoms with Gasteiger partial charge in [-0.25, -0.2) is 17.2 Å². The van der Waals surface area contributed by atoms with Crippen molar-refractivity contribution < 1.29 is 22.0 Å². The van der Waals surface area contributed by atoms with Crippen molar-refractivity contribution in [3.05, 3.63) is 60.2 Å². The van der Waals surface area contributed by atoms with Crippen molar-refractivity contribution in [2.24, 2.45) is 0 Å². The van der Waals surface area contributed by atoms with Crippen LogP contribution in [0.5, 0.6) is 0 Å². The Morgan fingerprint density at radius 3 is 2.26 bits per heavy atom. The predicted molar refractivity (Wildman–Crippen MR) is 81.2 cm³/mol. The molecule has 0 aliphatic heterocycles. The van der Waals surface area contributed by atoms with Gasteiger partial charge in [-0.05, 0) is 43.3 Å². The lowest BCUT2D eigenvalue weighted by Crippen LogP contribution is -2.41. The molecule has 0 saturated heterocycles. The fraction of sp³-hybridized carbons (Fsp3) is 0.133. The van der Waals surface area contributed by atoms with E-state index in [1.165, 1.54) is 31.2 Å². The highest BCUT2D eigenvalue weighted by atomic mass is 32.2. The number of anilines is 1. The molecule has 5 nitrogen and oxygen atoms in total. The number of carbonyl (C=O) groups is 1. The molecule has 8 heteroatoms. The molecule has 2 aromatic rings. The third kappa shape index (κ3) is 4.33. The van der Waals surface area contributed by atoms with E-state index < -0.39 is 33.6 Å². The van der Waals surface area contributed by atoms with Crippen LogP contribution in [0.4, 0.5) is 14.5 Å². The van der Waals surface area contributed by atoms with E-state index in [4.69, 9.17) is 0 Å². The molecule has 2 N–H and O–H groups in total. The second kappa shape index (κ2) is 6.84. The summed E-state index contributed by atoms with van der Waals surface area (Å²) in [6.45, 7) is 1.32. The van der Waals surface area contributed by atoms with Crippen LogP contribution < -0.4 is 10.0 Å². The number of benzene rings is 2. The van der Waals surface area contributed by atoms with Crippen LogP contribution in [-0.2, 0) is 14.8 Å². The van der Waals surface area contributed by atoms with E-state index in [-0.39, 0.29) is 10.6 Å². The zero-order valence-electron chi connectivity index (χ0n) is 12.1. The maximum absolute atomic E-state index is 13.5. The number of hydrogen-bond acceptors (Lipinski definition) is 3. The lowest BCUT2D eigenvalue weighted by atomic mass is 10.2. The van der Waals surface area contributed by atoms with E-state index in [0.29, 0.717) is 0 Å². The Balaban J connectivity index is 2.08. The quantitative estimate of drug-likeness (QED) is 0.877. The summed E-state index contributed by atoms with van der Waals surface area (Å²) in [5.41, 5.74) is -0.0506. The third-order valence-electron chi connectivity index (χ3n) is 2.98. The van der Waals surface area contributed by atoms with Gasteiger partial charge in [0.15, 0.2) is 0 Å². The molecule has 0 radical (unpaired) electrons. The Morgan fingerprint density at radius 1 is 1.04 bits per heavy atom. The average molecular weight is 340 g/mol. The standard InChI is InChI=1S/C15H14F2N2O3S/c1-10(15(20)18-14-5-3-2-4-13(14)17)19-23(21,22)12-8-6-11(16)7-9-12/h2-10,19H,1H3,(H,18,20). The Morgan fingerprint density at radius 2 is 1.65 bits per heavy atom. The van der Waals surface area contributed by atoms with Crippen molar-refractivity contribution in [3.8, 4) is 0 Å². The van der Waals surface area contributed by atoms with Gasteiger partial charge in [0, 0.05) is 0 Å². The molecule has 1 amide bonds. The summed E-state index contributed by atoms with van der Waals surface area (Å²) >= 11 is 0. The number of rotatable bonds is 5. The van der Waals surface area contributed by atoms with Crippen LogP contribution in [-0.4, -0.2) is 20.4 Å². The fourth-order valence-electron chi connectivity index (χ4n) is 1.77. The highest BCUT2D eigenvalue weighted by Gasteiger charge is 2.22. The molecule has 0 aliphatic carbocycles. The second-order valence-electron chi connectivity index (χ2n) is 4.77. The smallest absolute Gasteiger partial charge is 0.242 e. The molecule has 0 aliphatic rings. The van der Waals surface area contributed by atoms with Crippen molar-refractivity contribution >= 4 is 21.6 Å². The van der Waals surface area contributed by atoms with Crippen LogP contribution in [0.15, 0.2) is 53.4 Å². The van der Waals surface area contributed by atoms with E-state index in [2.05, 4.69) is 10.0 Å². The first-order valence-electron chi connectivity index (χ1n) is 6.63. The molecule has 122 valence electrons. The van der Waals surface area contributed by atoms with Gasteiger partial charge >= 0.3 is 0 Å². The first-order valence-corrected chi connectivity index (χ1v) is 8.11. The van der Waals surface area contributed by atoms with E-state index in [9.17, 15) is 22.0 Å². The number of hydrogen-bond donors (Lipinski definition) is 2. The SMILES string of the molecule is CC(NS(=O)(=O)c1ccc(F)cc1)C(=O)Nc1ccccc1F. The number of halogens is 2. The van der Waals surface area contributed by atoms with Gasteiger partial charge in [0.1, 0.15) is 11.6 Å². The van der Waals surface area contributed by atoms with E-state index in [0.717, 1.165) is 24.3 Å². The minimum Gasteiger partial charge on any atom is -0.322 e. The van der Waals surface area contributed by atoms with Gasteiger partial charge in [0.2, 0.25) is 15.9 Å². The van der Waals surface area contributed by atoms with Crippen LogP contribution in [0.3, 0.4) is 0 Å². The van der Waals surface area contributed by atoms with Crippen molar-refractivity contribution in [2.45, 2.75) is 17.9 Å². The Labute approximate surface area is 132 Å². The average Bonchev–Trinajstić information content (AvgIpc) is 2.49. The van der Waals surface area contributed by atoms with Crippen molar-refractivity contribution in [2.75, 3.05) is 5.32 Å². The lowest BCUT2D eigenvalue weighted by Gasteiger charge is -2.14. The van der Waals surface area contributed by atoms with Gasteiger partial charge in [-0.1, -0.05) is 12.1 Å². The van der Waals surface area contributed by atoms with Gasteiger partial charge in [-0.15, -0.1) is 0 Å². The summed E-state index contributed by atoms with van der Waals surface area (Å²) in [5, 5.41) is 2.29. The maximum Gasteiger partial charge on any atom is 0.242 e. The maximum atomic E-state index is 13.5. The zero-order chi connectivity index (χ0) is 17.0. The van der Waals surface area contributed by atoms with Crippen LogP contribution in [0.25, 0.3) is 0 Å². The molecule has 0 fully saturated rings. The number of carbonyl (C=O) groups excluding carboxylic acids is 1. The number of nitrogens with one attached hydrogen (secondary N) is 2. The molecule has 0 spiro atoms. The van der Waals surface area contributed by atoms with E-state index in [1.807, 2.05) is 0 Å². The fourth-order valence-corrected chi connectivity index (χ4v) is 2.97. The van der Waals surface area contributed by atoms with Crippen LogP contribution in [0.2, 0.25) is 0 Å². The minimum absolute atomic E-state index is 0.0506. The van der Waals surface area contributed by atoms with Gasteiger partial charge in [-0.3, -0.25) is 4.79 Å². The summed E-state index contributed by atoms with van der Waals surface area (Å²) in [6.07, 6.45) is 0. The lowest BCUT2D eigenvalue weighted by molar-refractivity contribution is -0.117. The third-order valence-corrected chi connectivity index (χ3v) is 4.54. The number of sulfonamides is 1. The van der Waals surface area contributed by atoms with Crippen LogP contribution in [0.1, 0.15) is 6.92 Å². The molecule has 1 unspecified atom stereocenters. The minimum atomic E-state index is -3.99. The van der Waals surface area contributed by atoms with Gasteiger partial charge < -0.3 is 5.32 Å². The van der Waals surface area contributed by atoms with E-state index in [1.54, 1.807) is 0 Å². The zero-order valence-corrected chi connectivity index (χ0v) is 12.9. The largest absolute Gasteiger partial charge is 0.322 e. The predicted octanol–water partition coefficient (Wildman–Crippen LogP) is 2.27. The molecular formula is C15H14F2N2O3S. The highest BCUT2D eigenvalue weighted by Crippen LogP contribution is 2.14. The molecule has 0 aromatic heterocycles. The second-order valence-corrected chi connectivity index (χ2v) is 6.48. The van der Waals surface area contributed by atoms with Crippen LogP contribution in [0, 0.1) is 11.6 Å². The molecule has 1 atom stereocenters. The molecule has 2 aromatic carbocycles. The van der Waals surface area contributed by atoms with Crippen molar-refractivity contribution in [3.63, 3.8) is 0 Å². The Kier molecular flexibility index (Phi) is 5.07. The normalized spacial score (nSPS) is 12.7. The summed E-state index contributed by atoms with van der Waals surface area (Å²) < 4.78 is 52.6. The van der Waals surface area contributed by atoms with Gasteiger partial charge in [0.25, 0.3) is 0 Å². The molecule has 0 heterocycles. The summed E-state index contributed by atoms with van der Waals surface area (Å²) in [6, 6.07) is 8.54. The highest BCUT2D eigenvalue weighted by molar-refractivity contribution is 7.89. The summed E-state index contributed by atoms with van der Waals surface area (Å²) in [7, 11) is -3.99. The summed E-state index contributed by atoms with van der Waals surface area (Å²) in [4.78, 5) is 11.8. The first kappa shape index (κ1) is 17.0. The molecule has 2 rings (SSSR count). The first-order chi connectivity index (χ1) is 10.8. The van der Waals surface area contributed by atoms with Crippen molar-refractivity contribution in [1.29, 1.82) is 0 Å². The van der Waals surface area contributed by atoms with Crippen molar-refractivity contribution in [1.82, 2.24) is 4.72 Å². The Bertz CT molecular complexity index is 808. The monoisotopic (exact) mass is 340 g/mol. The number of amides is 1. The Hall–Kier alpha value is -2.32. The van der Waals surface area contributed by atoms with E-state index >= 15 is 0 Å². The topological polar surface area (TPSA) is 75.3 Å². The molecule has 0 bridgehead atoms. The summed E-state index contributed by atoms with van der Waals surface area (Å²) in [5.74, 6) is -1.93. The number of para-hydroxylation sites is 1. The molecule has 23 heavy (non-hydrogen) atoms. The van der Waals surface area contributed by atoms with Gasteiger partial charge in [-0.2, -0.15) is 4.72 Å². The van der Waals surface area contributed by atoms with Crippen LogP contribution >= 0.6 is 0 Å². The molecular weight excluding hydrogens is 326 g/mol. The molecule has 0 saturated carbocycles.